The van der Waals surface area contributed by atoms with E-state index >= 15 is 0 Å². The largest absolute Gasteiger partial charge is 0.355 e. The molecule has 0 unspecified atom stereocenters. The molecule has 2 rings (SSSR count). The summed E-state index contributed by atoms with van der Waals surface area (Å²) in [5.41, 5.74) is 0.922. The molecular weight excluding hydrogens is 325 g/mol. The molecule has 0 aromatic heterocycles. The summed E-state index contributed by atoms with van der Waals surface area (Å²) in [6, 6.07) is 15.0. The summed E-state index contributed by atoms with van der Waals surface area (Å²) in [4.78, 5) is 12.9. The fourth-order valence-electron chi connectivity index (χ4n) is 1.78. The first kappa shape index (κ1) is 16.2. The molecular formula is C16H15Cl2NOS. The lowest BCUT2D eigenvalue weighted by Gasteiger charge is -2.06. The number of thioether (sulfide) groups is 1. The van der Waals surface area contributed by atoms with Crippen LogP contribution in [0, 0.1) is 0 Å². The molecule has 0 bridgehead atoms. The van der Waals surface area contributed by atoms with Gasteiger partial charge in [-0.1, -0.05) is 35.3 Å². The standard InChI is InChI=1S/C16H15Cl2NOS/c17-13-4-6-15(7-5-13)21-9-8-19-16(20)11-12-2-1-3-14(18)10-12/h1-7,10H,8-9,11H2,(H,19,20). The van der Waals surface area contributed by atoms with Crippen molar-refractivity contribution in [3.8, 4) is 0 Å². The summed E-state index contributed by atoms with van der Waals surface area (Å²) >= 11 is 13.4. The van der Waals surface area contributed by atoms with Gasteiger partial charge in [0.1, 0.15) is 0 Å². The van der Waals surface area contributed by atoms with Crippen molar-refractivity contribution in [2.75, 3.05) is 12.3 Å². The van der Waals surface area contributed by atoms with Gasteiger partial charge in [0.2, 0.25) is 5.91 Å². The number of carbonyl (C=O) groups is 1. The van der Waals surface area contributed by atoms with Gasteiger partial charge in [-0.25, -0.2) is 0 Å². The molecule has 0 fully saturated rings. The number of nitrogens with one attached hydrogen (secondary N) is 1. The van der Waals surface area contributed by atoms with Crippen LogP contribution in [-0.4, -0.2) is 18.2 Å². The lowest BCUT2D eigenvalue weighted by Crippen LogP contribution is -2.27. The van der Waals surface area contributed by atoms with Gasteiger partial charge in [-0.05, 0) is 42.0 Å². The zero-order valence-corrected chi connectivity index (χ0v) is 13.6. The predicted octanol–water partition coefficient (Wildman–Crippen LogP) is 4.44. The SMILES string of the molecule is O=C(Cc1cccc(Cl)c1)NCCSc1ccc(Cl)cc1. The van der Waals surface area contributed by atoms with Crippen molar-refractivity contribution in [2.24, 2.45) is 0 Å². The van der Waals surface area contributed by atoms with Crippen LogP contribution in [0.1, 0.15) is 5.56 Å². The average molecular weight is 340 g/mol. The summed E-state index contributed by atoms with van der Waals surface area (Å²) < 4.78 is 0. The Bertz CT molecular complexity index is 601. The van der Waals surface area contributed by atoms with Gasteiger partial charge in [-0.2, -0.15) is 0 Å². The molecule has 0 aliphatic carbocycles. The molecule has 0 heterocycles. The Morgan fingerprint density at radius 2 is 1.81 bits per heavy atom. The minimum atomic E-state index is 0.00831. The number of carbonyl (C=O) groups excluding carboxylic acids is 1. The van der Waals surface area contributed by atoms with Crippen LogP contribution in [0.2, 0.25) is 10.0 Å². The average Bonchev–Trinajstić information content (AvgIpc) is 2.45. The van der Waals surface area contributed by atoms with Crippen LogP contribution in [0.25, 0.3) is 0 Å². The highest BCUT2D eigenvalue weighted by atomic mass is 35.5. The van der Waals surface area contributed by atoms with Gasteiger partial charge < -0.3 is 5.32 Å². The quantitative estimate of drug-likeness (QED) is 0.622. The molecule has 1 N–H and O–H groups in total. The van der Waals surface area contributed by atoms with Gasteiger partial charge in [0.25, 0.3) is 0 Å². The molecule has 0 atom stereocenters. The van der Waals surface area contributed by atoms with Crippen LogP contribution < -0.4 is 5.32 Å². The maximum Gasteiger partial charge on any atom is 0.224 e. The minimum absolute atomic E-state index is 0.00831. The van der Waals surface area contributed by atoms with E-state index < -0.39 is 0 Å². The van der Waals surface area contributed by atoms with Crippen molar-refractivity contribution in [1.29, 1.82) is 0 Å². The van der Waals surface area contributed by atoms with Crippen molar-refractivity contribution in [2.45, 2.75) is 11.3 Å². The highest BCUT2D eigenvalue weighted by Crippen LogP contribution is 2.19. The van der Waals surface area contributed by atoms with Gasteiger partial charge >= 0.3 is 0 Å². The summed E-state index contributed by atoms with van der Waals surface area (Å²) in [6.07, 6.45) is 0.353. The number of benzene rings is 2. The third kappa shape index (κ3) is 6.00. The lowest BCUT2D eigenvalue weighted by atomic mass is 10.1. The zero-order valence-electron chi connectivity index (χ0n) is 11.3. The molecule has 0 saturated heterocycles. The van der Waals surface area contributed by atoms with Crippen molar-refractivity contribution >= 4 is 40.9 Å². The van der Waals surface area contributed by atoms with E-state index in [1.807, 2.05) is 42.5 Å². The van der Waals surface area contributed by atoms with E-state index in [1.165, 1.54) is 0 Å². The first-order valence-electron chi connectivity index (χ1n) is 6.53. The van der Waals surface area contributed by atoms with Crippen molar-refractivity contribution < 1.29 is 4.79 Å². The number of hydrogen-bond donors (Lipinski definition) is 1. The first-order valence-corrected chi connectivity index (χ1v) is 8.27. The predicted molar refractivity (Wildman–Crippen MR) is 90.3 cm³/mol. The third-order valence-electron chi connectivity index (χ3n) is 2.76. The lowest BCUT2D eigenvalue weighted by molar-refractivity contribution is -0.120. The molecule has 0 aliphatic heterocycles. The topological polar surface area (TPSA) is 29.1 Å². The molecule has 0 radical (unpaired) electrons. The van der Waals surface area contributed by atoms with E-state index in [2.05, 4.69) is 5.32 Å². The molecule has 0 saturated carbocycles. The maximum atomic E-state index is 11.8. The molecule has 1 amide bonds. The second-order valence-corrected chi connectivity index (χ2v) is 6.50. The Labute approximate surface area is 138 Å². The number of halogens is 2. The molecule has 2 nitrogen and oxygen atoms in total. The van der Waals surface area contributed by atoms with E-state index in [1.54, 1.807) is 17.8 Å². The maximum absolute atomic E-state index is 11.8. The Kier molecular flexibility index (Phi) is 6.43. The molecule has 2 aromatic rings. The molecule has 2 aromatic carbocycles. The van der Waals surface area contributed by atoms with E-state index in [0.717, 1.165) is 21.2 Å². The fourth-order valence-corrected chi connectivity index (χ4v) is 2.89. The second kappa shape index (κ2) is 8.32. The number of amides is 1. The Hall–Kier alpha value is -1.16. The molecule has 21 heavy (non-hydrogen) atoms. The normalized spacial score (nSPS) is 10.4. The van der Waals surface area contributed by atoms with Gasteiger partial charge in [-0.15, -0.1) is 11.8 Å². The Balaban J connectivity index is 1.68. The monoisotopic (exact) mass is 339 g/mol. The zero-order chi connectivity index (χ0) is 15.1. The van der Waals surface area contributed by atoms with Crippen LogP contribution in [0.15, 0.2) is 53.4 Å². The Morgan fingerprint density at radius 1 is 1.05 bits per heavy atom. The van der Waals surface area contributed by atoms with Crippen LogP contribution >= 0.6 is 35.0 Å². The summed E-state index contributed by atoms with van der Waals surface area (Å²) in [7, 11) is 0. The number of hydrogen-bond acceptors (Lipinski definition) is 2. The smallest absolute Gasteiger partial charge is 0.224 e. The highest BCUT2D eigenvalue weighted by molar-refractivity contribution is 7.99. The molecule has 0 spiro atoms. The van der Waals surface area contributed by atoms with Gasteiger partial charge in [0.15, 0.2) is 0 Å². The highest BCUT2D eigenvalue weighted by Gasteiger charge is 2.03. The molecule has 110 valence electrons. The van der Waals surface area contributed by atoms with Crippen LogP contribution in [-0.2, 0) is 11.2 Å². The molecule has 0 aliphatic rings. The van der Waals surface area contributed by atoms with E-state index in [4.69, 9.17) is 23.2 Å². The Morgan fingerprint density at radius 3 is 2.52 bits per heavy atom. The first-order chi connectivity index (χ1) is 10.1. The summed E-state index contributed by atoms with van der Waals surface area (Å²) in [5, 5.41) is 4.29. The number of rotatable bonds is 6. The molecule has 5 heteroatoms. The van der Waals surface area contributed by atoms with Crippen LogP contribution in [0.3, 0.4) is 0 Å². The van der Waals surface area contributed by atoms with Gasteiger partial charge in [0, 0.05) is 27.2 Å². The van der Waals surface area contributed by atoms with E-state index in [9.17, 15) is 4.79 Å². The van der Waals surface area contributed by atoms with E-state index in [-0.39, 0.29) is 5.91 Å². The van der Waals surface area contributed by atoms with Crippen molar-refractivity contribution in [1.82, 2.24) is 5.32 Å². The summed E-state index contributed by atoms with van der Waals surface area (Å²) in [5.74, 6) is 0.831. The van der Waals surface area contributed by atoms with Crippen molar-refractivity contribution in [3.05, 3.63) is 64.1 Å². The summed E-state index contributed by atoms with van der Waals surface area (Å²) in [6.45, 7) is 0.632. The van der Waals surface area contributed by atoms with E-state index in [0.29, 0.717) is 18.0 Å². The van der Waals surface area contributed by atoms with Gasteiger partial charge in [-0.3, -0.25) is 4.79 Å². The van der Waals surface area contributed by atoms with Crippen LogP contribution in [0.4, 0.5) is 0 Å². The fraction of sp³-hybridized carbons (Fsp3) is 0.188. The van der Waals surface area contributed by atoms with Gasteiger partial charge in [0.05, 0.1) is 6.42 Å². The third-order valence-corrected chi connectivity index (χ3v) is 4.26. The second-order valence-electron chi connectivity index (χ2n) is 4.46. The van der Waals surface area contributed by atoms with Crippen molar-refractivity contribution in [3.63, 3.8) is 0 Å². The minimum Gasteiger partial charge on any atom is -0.355 e. The van der Waals surface area contributed by atoms with Crippen LogP contribution in [0.5, 0.6) is 0 Å².